The fraction of sp³-hybridized carbons (Fsp3) is 0.562. The maximum atomic E-state index is 13.1. The molecular weight excluding hydrogens is 333 g/mol. The summed E-state index contributed by atoms with van der Waals surface area (Å²) in [6, 6.07) is 5.15. The third kappa shape index (κ3) is 4.67. The van der Waals surface area contributed by atoms with E-state index in [1.807, 2.05) is 0 Å². The maximum absolute atomic E-state index is 13.1. The fourth-order valence-corrected chi connectivity index (χ4v) is 3.82. The molecule has 1 aromatic carbocycles. The zero-order valence-corrected chi connectivity index (χ0v) is 14.9. The van der Waals surface area contributed by atoms with Crippen LogP contribution in [-0.4, -0.2) is 45.3 Å². The van der Waals surface area contributed by atoms with Crippen LogP contribution in [0.2, 0.25) is 0 Å². The van der Waals surface area contributed by atoms with Crippen LogP contribution in [0.5, 0.6) is 0 Å². The number of halogens is 1. The number of carbonyl (C=O) groups excluding carboxylic acids is 1. The molecule has 8 heteroatoms. The first kappa shape index (κ1) is 18.7. The summed E-state index contributed by atoms with van der Waals surface area (Å²) < 4.78 is 40.2. The van der Waals surface area contributed by atoms with Gasteiger partial charge in [0.15, 0.2) is 0 Å². The molecule has 24 heavy (non-hydrogen) atoms. The Morgan fingerprint density at radius 2 is 1.75 bits per heavy atom. The molecule has 1 saturated carbocycles. The number of nitrogens with zero attached hydrogens (tertiary/aromatic N) is 2. The predicted molar refractivity (Wildman–Crippen MR) is 91.4 cm³/mol. The molecular formula is C16H24FN3O3S. The van der Waals surface area contributed by atoms with Gasteiger partial charge in [-0.2, -0.15) is 12.7 Å². The highest BCUT2D eigenvalue weighted by molar-refractivity contribution is 7.90. The number of amides is 1. The zero-order valence-electron chi connectivity index (χ0n) is 14.0. The molecule has 134 valence electrons. The van der Waals surface area contributed by atoms with E-state index in [2.05, 4.69) is 5.32 Å². The second-order valence-electron chi connectivity index (χ2n) is 6.18. The van der Waals surface area contributed by atoms with Crippen molar-refractivity contribution in [3.63, 3.8) is 0 Å². The first-order valence-corrected chi connectivity index (χ1v) is 9.45. The van der Waals surface area contributed by atoms with E-state index < -0.39 is 16.0 Å². The number of carbonyl (C=O) groups is 1. The molecule has 0 aliphatic heterocycles. The van der Waals surface area contributed by atoms with Crippen LogP contribution in [0.25, 0.3) is 0 Å². The first-order valence-electron chi connectivity index (χ1n) is 8.06. The average molecular weight is 357 g/mol. The summed E-state index contributed by atoms with van der Waals surface area (Å²) in [4.78, 5) is 12.3. The van der Waals surface area contributed by atoms with E-state index in [1.54, 1.807) is 0 Å². The minimum atomic E-state index is -3.86. The molecule has 6 nitrogen and oxygen atoms in total. The Hall–Kier alpha value is -1.67. The SMILES string of the molecule is CN(C)S(=O)(=O)N(CC(=O)NC1CCCCC1)c1ccc(F)cc1. The molecule has 1 aliphatic rings. The molecule has 0 bridgehead atoms. The van der Waals surface area contributed by atoms with Crippen LogP contribution in [0.3, 0.4) is 0 Å². The minimum absolute atomic E-state index is 0.100. The summed E-state index contributed by atoms with van der Waals surface area (Å²) in [6.07, 6.45) is 5.15. The first-order chi connectivity index (χ1) is 11.3. The van der Waals surface area contributed by atoms with Crippen LogP contribution in [0.15, 0.2) is 24.3 Å². The summed E-state index contributed by atoms with van der Waals surface area (Å²) in [7, 11) is -1.07. The molecule has 1 fully saturated rings. The Bertz CT molecular complexity index is 656. The number of benzene rings is 1. The number of rotatable bonds is 6. The molecule has 1 N–H and O–H groups in total. The summed E-state index contributed by atoms with van der Waals surface area (Å²) in [5.74, 6) is -0.816. The van der Waals surface area contributed by atoms with Crippen molar-refractivity contribution in [1.29, 1.82) is 0 Å². The summed E-state index contributed by atoms with van der Waals surface area (Å²) >= 11 is 0. The number of hydrogen-bond acceptors (Lipinski definition) is 3. The monoisotopic (exact) mass is 357 g/mol. The van der Waals surface area contributed by atoms with Gasteiger partial charge in [-0.15, -0.1) is 0 Å². The lowest BCUT2D eigenvalue weighted by molar-refractivity contribution is -0.120. The highest BCUT2D eigenvalue weighted by Gasteiger charge is 2.28. The van der Waals surface area contributed by atoms with Crippen LogP contribution in [0, 0.1) is 5.82 Å². The van der Waals surface area contributed by atoms with Crippen LogP contribution in [0.1, 0.15) is 32.1 Å². The van der Waals surface area contributed by atoms with Crippen molar-refractivity contribution in [3.05, 3.63) is 30.1 Å². The van der Waals surface area contributed by atoms with E-state index in [4.69, 9.17) is 0 Å². The standard InChI is InChI=1S/C16H24FN3O3S/c1-19(2)24(22,23)20(15-10-8-13(17)9-11-15)12-16(21)18-14-6-4-3-5-7-14/h8-11,14H,3-7,12H2,1-2H3,(H,18,21). The van der Waals surface area contributed by atoms with E-state index in [0.717, 1.165) is 34.3 Å². The second-order valence-corrected chi connectivity index (χ2v) is 8.24. The van der Waals surface area contributed by atoms with Gasteiger partial charge in [0.1, 0.15) is 12.4 Å². The molecule has 0 spiro atoms. The lowest BCUT2D eigenvalue weighted by Crippen LogP contribution is -2.48. The topological polar surface area (TPSA) is 69.7 Å². The normalized spacial score (nSPS) is 16.2. The Balaban J connectivity index is 2.16. The fourth-order valence-electron chi connectivity index (χ4n) is 2.76. The van der Waals surface area contributed by atoms with E-state index >= 15 is 0 Å². The van der Waals surface area contributed by atoms with Crippen molar-refractivity contribution >= 4 is 21.8 Å². The van der Waals surface area contributed by atoms with E-state index in [1.165, 1.54) is 44.8 Å². The van der Waals surface area contributed by atoms with Crippen LogP contribution in [0.4, 0.5) is 10.1 Å². The van der Waals surface area contributed by atoms with Gasteiger partial charge in [0.2, 0.25) is 5.91 Å². The molecule has 0 heterocycles. The van der Waals surface area contributed by atoms with Crippen molar-refractivity contribution in [3.8, 4) is 0 Å². The smallest absolute Gasteiger partial charge is 0.304 e. The lowest BCUT2D eigenvalue weighted by atomic mass is 9.95. The summed E-state index contributed by atoms with van der Waals surface area (Å²) in [6.45, 7) is -0.331. The van der Waals surface area contributed by atoms with E-state index in [0.29, 0.717) is 0 Å². The molecule has 0 radical (unpaired) electrons. The van der Waals surface area contributed by atoms with Gasteiger partial charge in [0, 0.05) is 20.1 Å². The Labute approximate surface area is 142 Å². The third-order valence-electron chi connectivity index (χ3n) is 4.11. The Kier molecular flexibility index (Phi) is 6.17. The molecule has 1 aromatic rings. The van der Waals surface area contributed by atoms with Crippen LogP contribution < -0.4 is 9.62 Å². The molecule has 0 atom stereocenters. The van der Waals surface area contributed by atoms with E-state index in [-0.39, 0.29) is 24.2 Å². The molecule has 0 aromatic heterocycles. The van der Waals surface area contributed by atoms with Gasteiger partial charge in [-0.1, -0.05) is 19.3 Å². The number of hydrogen-bond donors (Lipinski definition) is 1. The van der Waals surface area contributed by atoms with E-state index in [9.17, 15) is 17.6 Å². The van der Waals surface area contributed by atoms with Gasteiger partial charge in [-0.25, -0.2) is 8.70 Å². The van der Waals surface area contributed by atoms with Crippen LogP contribution >= 0.6 is 0 Å². The number of anilines is 1. The van der Waals surface area contributed by atoms with Crippen molar-refractivity contribution in [1.82, 2.24) is 9.62 Å². The molecule has 1 amide bonds. The zero-order chi connectivity index (χ0) is 17.7. The van der Waals surface area contributed by atoms with Crippen molar-refractivity contribution in [2.45, 2.75) is 38.1 Å². The van der Waals surface area contributed by atoms with Crippen molar-refractivity contribution in [2.24, 2.45) is 0 Å². The lowest BCUT2D eigenvalue weighted by Gasteiger charge is -2.28. The van der Waals surface area contributed by atoms with Gasteiger partial charge < -0.3 is 5.32 Å². The Morgan fingerprint density at radius 3 is 2.29 bits per heavy atom. The Morgan fingerprint density at radius 1 is 1.17 bits per heavy atom. The van der Waals surface area contributed by atoms with Gasteiger partial charge in [-0.3, -0.25) is 4.79 Å². The summed E-state index contributed by atoms with van der Waals surface area (Å²) in [5.41, 5.74) is 0.254. The van der Waals surface area contributed by atoms with Crippen molar-refractivity contribution in [2.75, 3.05) is 24.9 Å². The minimum Gasteiger partial charge on any atom is -0.352 e. The third-order valence-corrected chi connectivity index (χ3v) is 5.93. The number of nitrogens with one attached hydrogen (secondary N) is 1. The maximum Gasteiger partial charge on any atom is 0.304 e. The highest BCUT2D eigenvalue weighted by atomic mass is 32.2. The molecule has 0 saturated heterocycles. The van der Waals surface area contributed by atoms with Gasteiger partial charge in [0.05, 0.1) is 5.69 Å². The van der Waals surface area contributed by atoms with Gasteiger partial charge in [0.25, 0.3) is 0 Å². The van der Waals surface area contributed by atoms with Gasteiger partial charge >= 0.3 is 10.2 Å². The van der Waals surface area contributed by atoms with Crippen molar-refractivity contribution < 1.29 is 17.6 Å². The quantitative estimate of drug-likeness (QED) is 0.845. The predicted octanol–water partition coefficient (Wildman–Crippen LogP) is 1.89. The summed E-state index contributed by atoms with van der Waals surface area (Å²) in [5, 5.41) is 2.90. The largest absolute Gasteiger partial charge is 0.352 e. The van der Waals surface area contributed by atoms with Gasteiger partial charge in [-0.05, 0) is 37.1 Å². The van der Waals surface area contributed by atoms with Crippen LogP contribution in [-0.2, 0) is 15.0 Å². The highest BCUT2D eigenvalue weighted by Crippen LogP contribution is 2.21. The molecule has 2 rings (SSSR count). The molecule has 0 unspecified atom stereocenters. The second kappa shape index (κ2) is 7.94. The average Bonchev–Trinajstić information content (AvgIpc) is 2.54. The molecule has 1 aliphatic carbocycles.